The fourth-order valence-electron chi connectivity index (χ4n) is 2.66. The van der Waals surface area contributed by atoms with Crippen LogP contribution in [0.25, 0.3) is 0 Å². The van der Waals surface area contributed by atoms with E-state index in [4.69, 9.17) is 4.74 Å². The zero-order chi connectivity index (χ0) is 14.4. The fraction of sp³-hybridized carbons (Fsp3) is 0.929. The molecule has 6 heteroatoms. The third kappa shape index (κ3) is 4.53. The lowest BCUT2D eigenvalue weighted by Gasteiger charge is -2.36. The van der Waals surface area contributed by atoms with E-state index < -0.39 is 0 Å². The van der Waals surface area contributed by atoms with Crippen molar-refractivity contribution in [3.8, 4) is 0 Å². The van der Waals surface area contributed by atoms with E-state index >= 15 is 0 Å². The van der Waals surface area contributed by atoms with Gasteiger partial charge in [-0.15, -0.1) is 0 Å². The smallest absolute Gasteiger partial charge is 0.317 e. The molecule has 2 fully saturated rings. The molecule has 0 spiro atoms. The van der Waals surface area contributed by atoms with Crippen molar-refractivity contribution in [1.82, 2.24) is 15.1 Å². The molecule has 0 aromatic rings. The Kier molecular flexibility index (Phi) is 6.45. The van der Waals surface area contributed by atoms with Crippen molar-refractivity contribution in [2.45, 2.75) is 32.4 Å². The molecule has 0 aliphatic carbocycles. The number of nitrogens with one attached hydrogen (secondary N) is 1. The largest absolute Gasteiger partial charge is 0.379 e. The number of amides is 2. The van der Waals surface area contributed by atoms with Crippen LogP contribution in [0.2, 0.25) is 0 Å². The second-order valence-electron chi connectivity index (χ2n) is 5.58. The summed E-state index contributed by atoms with van der Waals surface area (Å²) in [5, 5.41) is 3.17. The number of hydrogen-bond acceptors (Lipinski definition) is 4. The van der Waals surface area contributed by atoms with Crippen LogP contribution in [0.5, 0.6) is 0 Å². The summed E-state index contributed by atoms with van der Waals surface area (Å²) >= 11 is 1.94. The monoisotopic (exact) mass is 301 g/mol. The lowest BCUT2D eigenvalue weighted by atomic mass is 10.1. The maximum Gasteiger partial charge on any atom is 0.317 e. The van der Waals surface area contributed by atoms with Crippen molar-refractivity contribution in [2.24, 2.45) is 0 Å². The molecule has 0 aromatic heterocycles. The molecule has 1 N–H and O–H groups in total. The number of nitrogens with zero attached hydrogens (tertiary/aromatic N) is 2. The van der Waals surface area contributed by atoms with Gasteiger partial charge in [-0.2, -0.15) is 11.8 Å². The van der Waals surface area contributed by atoms with Gasteiger partial charge in [-0.3, -0.25) is 4.90 Å². The summed E-state index contributed by atoms with van der Waals surface area (Å²) in [6.45, 7) is 9.57. The molecule has 116 valence electrons. The predicted molar refractivity (Wildman–Crippen MR) is 83.4 cm³/mol. The Morgan fingerprint density at radius 1 is 1.15 bits per heavy atom. The summed E-state index contributed by atoms with van der Waals surface area (Å²) in [6, 6.07) is 0.612. The average Bonchev–Trinajstić information content (AvgIpc) is 2.76. The number of thioether (sulfide) groups is 1. The summed E-state index contributed by atoms with van der Waals surface area (Å²) in [5.41, 5.74) is 0. The van der Waals surface area contributed by atoms with Crippen LogP contribution in [-0.4, -0.2) is 78.8 Å². The maximum atomic E-state index is 12.3. The van der Waals surface area contributed by atoms with Gasteiger partial charge in [-0.05, 0) is 26.0 Å². The van der Waals surface area contributed by atoms with Crippen LogP contribution in [-0.2, 0) is 4.74 Å². The van der Waals surface area contributed by atoms with Crippen LogP contribution in [0, 0.1) is 0 Å². The molecule has 0 saturated carbocycles. The molecular weight excluding hydrogens is 274 g/mol. The first-order chi connectivity index (χ1) is 9.68. The standard InChI is InChI=1S/C14H27N3O2S/c1-12(13(2)16-5-8-19-9-6-16)15-14(18)17-4-3-10-20-11-7-17/h12-13H,3-11H2,1-2H3,(H,15,18)/t12-,13-/m1/s1. The minimum Gasteiger partial charge on any atom is -0.379 e. The van der Waals surface area contributed by atoms with Gasteiger partial charge in [0.1, 0.15) is 0 Å². The molecule has 2 amide bonds. The number of hydrogen-bond donors (Lipinski definition) is 1. The number of morpholine rings is 1. The Morgan fingerprint density at radius 3 is 2.65 bits per heavy atom. The predicted octanol–water partition coefficient (Wildman–Crippen LogP) is 1.24. The van der Waals surface area contributed by atoms with Crippen molar-refractivity contribution < 1.29 is 9.53 Å². The van der Waals surface area contributed by atoms with Gasteiger partial charge in [-0.1, -0.05) is 0 Å². The summed E-state index contributed by atoms with van der Waals surface area (Å²) < 4.78 is 5.38. The average molecular weight is 301 g/mol. The number of ether oxygens (including phenoxy) is 1. The van der Waals surface area contributed by atoms with Crippen LogP contribution >= 0.6 is 11.8 Å². The molecule has 5 nitrogen and oxygen atoms in total. The number of urea groups is 1. The summed E-state index contributed by atoms with van der Waals surface area (Å²) in [4.78, 5) is 16.7. The first kappa shape index (κ1) is 15.9. The highest BCUT2D eigenvalue weighted by atomic mass is 32.2. The van der Waals surface area contributed by atoms with E-state index in [9.17, 15) is 4.79 Å². The lowest BCUT2D eigenvalue weighted by Crippen LogP contribution is -2.54. The molecular formula is C14H27N3O2S. The fourth-order valence-corrected chi connectivity index (χ4v) is 3.54. The molecule has 20 heavy (non-hydrogen) atoms. The quantitative estimate of drug-likeness (QED) is 0.852. The van der Waals surface area contributed by atoms with E-state index in [1.54, 1.807) is 0 Å². The summed E-state index contributed by atoms with van der Waals surface area (Å²) in [6.07, 6.45) is 1.10. The first-order valence-corrected chi connectivity index (χ1v) is 8.79. The minimum atomic E-state index is 0.0973. The number of rotatable bonds is 3. The second kappa shape index (κ2) is 8.10. The van der Waals surface area contributed by atoms with Crippen molar-refractivity contribution in [1.29, 1.82) is 0 Å². The van der Waals surface area contributed by atoms with Crippen LogP contribution in [0.1, 0.15) is 20.3 Å². The first-order valence-electron chi connectivity index (χ1n) is 7.63. The van der Waals surface area contributed by atoms with Crippen LogP contribution in [0.4, 0.5) is 4.79 Å². The minimum absolute atomic E-state index is 0.0973. The van der Waals surface area contributed by atoms with E-state index in [1.807, 2.05) is 16.7 Å². The number of carbonyl (C=O) groups is 1. The molecule has 2 aliphatic heterocycles. The van der Waals surface area contributed by atoms with Gasteiger partial charge >= 0.3 is 6.03 Å². The third-order valence-corrected chi connectivity index (χ3v) is 5.25. The molecule has 2 saturated heterocycles. The van der Waals surface area contributed by atoms with Crippen molar-refractivity contribution in [3.05, 3.63) is 0 Å². The Balaban J connectivity index is 1.79. The van der Waals surface area contributed by atoms with Crippen LogP contribution < -0.4 is 5.32 Å². The van der Waals surface area contributed by atoms with E-state index in [0.717, 1.165) is 51.6 Å². The zero-order valence-electron chi connectivity index (χ0n) is 12.6. The molecule has 0 unspecified atom stereocenters. The van der Waals surface area contributed by atoms with Gasteiger partial charge in [-0.25, -0.2) is 4.79 Å². The molecule has 0 radical (unpaired) electrons. The van der Waals surface area contributed by atoms with Crippen molar-refractivity contribution in [3.63, 3.8) is 0 Å². The van der Waals surface area contributed by atoms with Crippen molar-refractivity contribution >= 4 is 17.8 Å². The Bertz CT molecular complexity index is 303. The highest BCUT2D eigenvalue weighted by Gasteiger charge is 2.25. The highest BCUT2D eigenvalue weighted by molar-refractivity contribution is 7.99. The van der Waals surface area contributed by atoms with Gasteiger partial charge in [0.05, 0.1) is 13.2 Å². The second-order valence-corrected chi connectivity index (χ2v) is 6.80. The van der Waals surface area contributed by atoms with Gasteiger partial charge in [0.25, 0.3) is 0 Å². The molecule has 0 bridgehead atoms. The van der Waals surface area contributed by atoms with Crippen molar-refractivity contribution in [2.75, 3.05) is 50.9 Å². The summed E-state index contributed by atoms with van der Waals surface area (Å²) in [5.74, 6) is 2.23. The van der Waals surface area contributed by atoms with Gasteiger partial charge < -0.3 is 15.0 Å². The van der Waals surface area contributed by atoms with E-state index in [-0.39, 0.29) is 12.1 Å². The molecule has 2 aliphatic rings. The van der Waals surface area contributed by atoms with Gasteiger partial charge in [0.2, 0.25) is 0 Å². The maximum absolute atomic E-state index is 12.3. The topological polar surface area (TPSA) is 44.8 Å². The molecule has 2 rings (SSSR count). The normalized spacial score (nSPS) is 24.8. The summed E-state index contributed by atoms with van der Waals surface area (Å²) in [7, 11) is 0. The third-order valence-electron chi connectivity index (χ3n) is 4.21. The zero-order valence-corrected chi connectivity index (χ0v) is 13.5. The lowest BCUT2D eigenvalue weighted by molar-refractivity contribution is 0.0141. The van der Waals surface area contributed by atoms with E-state index in [2.05, 4.69) is 24.1 Å². The van der Waals surface area contributed by atoms with E-state index in [1.165, 1.54) is 5.75 Å². The van der Waals surface area contributed by atoms with E-state index in [0.29, 0.717) is 6.04 Å². The Morgan fingerprint density at radius 2 is 1.90 bits per heavy atom. The molecule has 2 atom stereocenters. The van der Waals surface area contributed by atoms with Crippen LogP contribution in [0.15, 0.2) is 0 Å². The highest BCUT2D eigenvalue weighted by Crippen LogP contribution is 2.11. The Labute approximate surface area is 126 Å². The molecule has 2 heterocycles. The van der Waals surface area contributed by atoms with Gasteiger partial charge in [0.15, 0.2) is 0 Å². The van der Waals surface area contributed by atoms with Gasteiger partial charge in [0, 0.05) is 44.0 Å². The number of carbonyl (C=O) groups excluding carboxylic acids is 1. The molecule has 0 aromatic carbocycles. The Hall–Kier alpha value is -0.460. The SMILES string of the molecule is C[C@H]([C@@H](C)NC(=O)N1CCCSCC1)N1CCOCC1. The van der Waals surface area contributed by atoms with Crippen LogP contribution in [0.3, 0.4) is 0 Å².